The zero-order valence-corrected chi connectivity index (χ0v) is 13.3. The second-order valence-corrected chi connectivity index (χ2v) is 6.86. The Labute approximate surface area is 121 Å². The van der Waals surface area contributed by atoms with Crippen LogP contribution in [0.25, 0.3) is 0 Å². The lowest BCUT2D eigenvalue weighted by molar-refractivity contribution is 0.463. The van der Waals surface area contributed by atoms with Gasteiger partial charge >= 0.3 is 0 Å². The van der Waals surface area contributed by atoms with Crippen LogP contribution in [0.5, 0.6) is 0 Å². The molecule has 0 aromatic rings. The van der Waals surface area contributed by atoms with Crippen LogP contribution in [0, 0.1) is 0 Å². The first-order chi connectivity index (χ1) is 9.36. The molecular weight excluding hydrogens is 227 g/mol. The highest BCUT2D eigenvalue weighted by Crippen LogP contribution is 2.44. The molecule has 2 rings (SSSR count). The van der Waals surface area contributed by atoms with E-state index in [0.29, 0.717) is 0 Å². The number of hydrogen-bond acceptors (Lipinski definition) is 0. The Morgan fingerprint density at radius 2 is 1.32 bits per heavy atom. The number of allylic oxidation sites excluding steroid dienone is 2. The van der Waals surface area contributed by atoms with Crippen LogP contribution in [0.3, 0.4) is 0 Å². The molecule has 0 spiro atoms. The normalized spacial score (nSPS) is 23.6. The van der Waals surface area contributed by atoms with Gasteiger partial charge in [0, 0.05) is 0 Å². The summed E-state index contributed by atoms with van der Waals surface area (Å²) in [5.41, 5.74) is 1.82. The highest BCUT2D eigenvalue weighted by Gasteiger charge is 2.36. The molecular formula is C18H33B. The van der Waals surface area contributed by atoms with Crippen LogP contribution in [0.15, 0.2) is 11.5 Å². The fourth-order valence-electron chi connectivity index (χ4n) is 4.76. The fraction of sp³-hybridized carbons (Fsp3) is 0.889. The molecule has 108 valence electrons. The predicted octanol–water partition coefficient (Wildman–Crippen LogP) is 6.44. The van der Waals surface area contributed by atoms with Crippen molar-refractivity contribution >= 4 is 6.71 Å². The van der Waals surface area contributed by atoms with Crippen LogP contribution in [0.1, 0.15) is 90.9 Å². The molecule has 0 N–H and O–H groups in total. The number of hydrogen-bond donors (Lipinski definition) is 0. The van der Waals surface area contributed by atoms with E-state index < -0.39 is 0 Å². The SMILES string of the molecule is CC/C=C(/CC)B(C1CCCCC1)C1CCCCC1. The Morgan fingerprint density at radius 1 is 0.842 bits per heavy atom. The maximum atomic E-state index is 2.58. The zero-order chi connectivity index (χ0) is 13.5. The van der Waals surface area contributed by atoms with Gasteiger partial charge in [-0.1, -0.05) is 95.8 Å². The second kappa shape index (κ2) is 8.17. The summed E-state index contributed by atoms with van der Waals surface area (Å²) in [6.45, 7) is 5.65. The van der Waals surface area contributed by atoms with Crippen LogP contribution < -0.4 is 0 Å². The van der Waals surface area contributed by atoms with E-state index in [4.69, 9.17) is 0 Å². The Kier molecular flexibility index (Phi) is 6.54. The van der Waals surface area contributed by atoms with Gasteiger partial charge in [-0.05, 0) is 12.8 Å². The molecule has 0 atom stereocenters. The lowest BCUT2D eigenvalue weighted by Crippen LogP contribution is -2.32. The van der Waals surface area contributed by atoms with Crippen LogP contribution in [-0.2, 0) is 0 Å². The molecule has 0 heterocycles. The molecule has 0 amide bonds. The van der Waals surface area contributed by atoms with Crippen molar-refractivity contribution in [1.29, 1.82) is 0 Å². The average Bonchev–Trinajstić information content (AvgIpc) is 2.49. The third-order valence-electron chi connectivity index (χ3n) is 5.62. The van der Waals surface area contributed by atoms with Gasteiger partial charge in [0.1, 0.15) is 0 Å². The van der Waals surface area contributed by atoms with Gasteiger partial charge < -0.3 is 0 Å². The second-order valence-electron chi connectivity index (χ2n) is 6.86. The minimum atomic E-state index is 0.950. The van der Waals surface area contributed by atoms with Gasteiger partial charge in [0.05, 0.1) is 0 Å². The van der Waals surface area contributed by atoms with E-state index in [2.05, 4.69) is 19.9 Å². The Hall–Kier alpha value is -0.195. The molecule has 2 aliphatic rings. The Morgan fingerprint density at radius 3 is 1.68 bits per heavy atom. The molecule has 0 nitrogen and oxygen atoms in total. The Bertz CT molecular complexity index is 251. The molecule has 1 heteroatoms. The highest BCUT2D eigenvalue weighted by molar-refractivity contribution is 6.69. The number of rotatable bonds is 5. The van der Waals surface area contributed by atoms with E-state index >= 15 is 0 Å². The van der Waals surface area contributed by atoms with Gasteiger partial charge in [-0.15, -0.1) is 5.47 Å². The molecule has 0 bridgehead atoms. The van der Waals surface area contributed by atoms with Crippen molar-refractivity contribution in [2.45, 2.75) is 103 Å². The van der Waals surface area contributed by atoms with E-state index in [1.807, 2.05) is 5.47 Å². The van der Waals surface area contributed by atoms with E-state index in [1.165, 1.54) is 77.0 Å². The minimum Gasteiger partial charge on any atom is -0.105 e. The third-order valence-corrected chi connectivity index (χ3v) is 5.62. The predicted molar refractivity (Wildman–Crippen MR) is 88.1 cm³/mol. The summed E-state index contributed by atoms with van der Waals surface area (Å²) in [5.74, 6) is 2.05. The lowest BCUT2D eigenvalue weighted by atomic mass is 9.26. The van der Waals surface area contributed by atoms with E-state index in [9.17, 15) is 0 Å². The summed E-state index contributed by atoms with van der Waals surface area (Å²) in [6, 6.07) is 0. The lowest BCUT2D eigenvalue weighted by Gasteiger charge is -2.37. The maximum absolute atomic E-state index is 2.58. The van der Waals surface area contributed by atoms with Crippen LogP contribution in [-0.4, -0.2) is 6.71 Å². The van der Waals surface area contributed by atoms with Crippen LogP contribution >= 0.6 is 0 Å². The van der Waals surface area contributed by atoms with Crippen molar-refractivity contribution < 1.29 is 0 Å². The summed E-state index contributed by atoms with van der Waals surface area (Å²) < 4.78 is 0. The summed E-state index contributed by atoms with van der Waals surface area (Å²) >= 11 is 0. The van der Waals surface area contributed by atoms with Gasteiger partial charge in [0.25, 0.3) is 0 Å². The van der Waals surface area contributed by atoms with Crippen molar-refractivity contribution in [3.05, 3.63) is 11.5 Å². The van der Waals surface area contributed by atoms with Crippen molar-refractivity contribution in [2.75, 3.05) is 0 Å². The molecule has 2 saturated carbocycles. The first kappa shape index (κ1) is 15.2. The third kappa shape index (κ3) is 4.13. The average molecular weight is 260 g/mol. The molecule has 0 aliphatic heterocycles. The minimum absolute atomic E-state index is 0.950. The first-order valence-electron chi connectivity index (χ1n) is 9.05. The standard InChI is InChI=1S/C18H33B/c1-3-11-16(4-2)19(17-12-7-5-8-13-17)18-14-9-6-10-15-18/h11,17-18H,3-10,12-15H2,1-2H3/b16-11-. The highest BCUT2D eigenvalue weighted by atomic mass is 14.2. The summed E-state index contributed by atoms with van der Waals surface area (Å²) in [4.78, 5) is 0. The monoisotopic (exact) mass is 260 g/mol. The van der Waals surface area contributed by atoms with E-state index in [0.717, 1.165) is 18.3 Å². The summed E-state index contributed by atoms with van der Waals surface area (Å²) in [7, 11) is 0. The molecule has 0 unspecified atom stereocenters. The van der Waals surface area contributed by atoms with E-state index in [-0.39, 0.29) is 0 Å². The molecule has 0 aromatic heterocycles. The maximum Gasteiger partial charge on any atom is 0.176 e. The summed E-state index contributed by atoms with van der Waals surface area (Å²) in [6.07, 6.45) is 20.1. The van der Waals surface area contributed by atoms with Crippen molar-refractivity contribution in [3.63, 3.8) is 0 Å². The quantitative estimate of drug-likeness (QED) is 0.499. The van der Waals surface area contributed by atoms with Gasteiger partial charge in [-0.3, -0.25) is 0 Å². The van der Waals surface area contributed by atoms with Crippen LogP contribution in [0.4, 0.5) is 0 Å². The topological polar surface area (TPSA) is 0 Å². The van der Waals surface area contributed by atoms with Gasteiger partial charge in [0.15, 0.2) is 6.71 Å². The van der Waals surface area contributed by atoms with Gasteiger partial charge in [-0.25, -0.2) is 0 Å². The fourth-order valence-corrected chi connectivity index (χ4v) is 4.76. The molecule has 2 fully saturated rings. The molecule has 0 aromatic carbocycles. The van der Waals surface area contributed by atoms with Crippen molar-refractivity contribution in [1.82, 2.24) is 0 Å². The molecule has 2 aliphatic carbocycles. The molecule has 19 heavy (non-hydrogen) atoms. The van der Waals surface area contributed by atoms with Gasteiger partial charge in [0.2, 0.25) is 0 Å². The van der Waals surface area contributed by atoms with Crippen LogP contribution in [0.2, 0.25) is 11.6 Å². The summed E-state index contributed by atoms with van der Waals surface area (Å²) in [5, 5.41) is 0. The first-order valence-corrected chi connectivity index (χ1v) is 9.05. The van der Waals surface area contributed by atoms with Crippen molar-refractivity contribution in [3.8, 4) is 0 Å². The van der Waals surface area contributed by atoms with Crippen molar-refractivity contribution in [2.24, 2.45) is 0 Å². The van der Waals surface area contributed by atoms with E-state index in [1.54, 1.807) is 0 Å². The van der Waals surface area contributed by atoms with Gasteiger partial charge in [-0.2, -0.15) is 0 Å². The zero-order valence-electron chi connectivity index (χ0n) is 13.3. The molecule has 0 radical (unpaired) electrons. The molecule has 0 saturated heterocycles. The largest absolute Gasteiger partial charge is 0.176 e. The Balaban J connectivity index is 2.12. The smallest absolute Gasteiger partial charge is 0.105 e.